The third-order valence-corrected chi connectivity index (χ3v) is 2.51. The van der Waals surface area contributed by atoms with Gasteiger partial charge in [0.2, 0.25) is 0 Å². The summed E-state index contributed by atoms with van der Waals surface area (Å²) >= 11 is 1.54. The first kappa shape index (κ1) is 6.54. The lowest BCUT2D eigenvalue weighted by atomic mass is 10.2. The van der Waals surface area contributed by atoms with E-state index in [-0.39, 0.29) is 0 Å². The van der Waals surface area contributed by atoms with E-state index in [2.05, 4.69) is 10.3 Å². The van der Waals surface area contributed by atoms with Gasteiger partial charge < -0.3 is 5.32 Å². The Morgan fingerprint density at radius 2 is 2.64 bits per heavy atom. The molecule has 1 aliphatic heterocycles. The predicted octanol–water partition coefficient (Wildman–Crippen LogP) is 1.36. The van der Waals surface area contributed by atoms with Crippen LogP contribution in [0.5, 0.6) is 0 Å². The van der Waals surface area contributed by atoms with Crippen LogP contribution in [-0.2, 0) is 0 Å². The normalized spacial score (nSPS) is 13.8. The molecular weight excluding hydrogens is 160 g/mol. The standard InChI is InChI=1S/C7H6N2OS/c10-2-5-3-11-7-6(5)1-8-4-9-7/h1-3,9H,4H2. The van der Waals surface area contributed by atoms with E-state index in [4.69, 9.17) is 0 Å². The van der Waals surface area contributed by atoms with Gasteiger partial charge in [-0.25, -0.2) is 0 Å². The molecule has 4 heteroatoms. The Hall–Kier alpha value is -1.16. The molecule has 0 atom stereocenters. The molecule has 11 heavy (non-hydrogen) atoms. The fraction of sp³-hybridized carbons (Fsp3) is 0.143. The van der Waals surface area contributed by atoms with Gasteiger partial charge in [0, 0.05) is 22.7 Å². The van der Waals surface area contributed by atoms with Crippen molar-refractivity contribution in [3.63, 3.8) is 0 Å². The van der Waals surface area contributed by atoms with Gasteiger partial charge in [0.25, 0.3) is 0 Å². The Kier molecular flexibility index (Phi) is 1.47. The molecule has 0 amide bonds. The molecule has 1 aliphatic rings. The molecule has 1 N–H and O–H groups in total. The lowest BCUT2D eigenvalue weighted by Crippen LogP contribution is -2.05. The zero-order chi connectivity index (χ0) is 7.68. The van der Waals surface area contributed by atoms with Crippen LogP contribution in [0.25, 0.3) is 0 Å². The number of carbonyl (C=O) groups is 1. The van der Waals surface area contributed by atoms with E-state index in [0.717, 1.165) is 22.4 Å². The number of thiophene rings is 1. The van der Waals surface area contributed by atoms with Crippen molar-refractivity contribution in [2.45, 2.75) is 0 Å². The van der Waals surface area contributed by atoms with Crippen LogP contribution in [0.1, 0.15) is 15.9 Å². The van der Waals surface area contributed by atoms with Gasteiger partial charge in [-0.05, 0) is 0 Å². The molecule has 2 rings (SSSR count). The number of rotatable bonds is 1. The van der Waals surface area contributed by atoms with E-state index in [1.165, 1.54) is 0 Å². The Balaban J connectivity index is 2.56. The maximum Gasteiger partial charge on any atom is 0.151 e. The minimum absolute atomic E-state index is 0.617. The van der Waals surface area contributed by atoms with E-state index in [0.29, 0.717) is 6.67 Å². The highest BCUT2D eigenvalue weighted by atomic mass is 32.1. The molecule has 1 aromatic rings. The van der Waals surface area contributed by atoms with Crippen LogP contribution in [0.4, 0.5) is 5.00 Å². The number of anilines is 1. The zero-order valence-corrected chi connectivity index (χ0v) is 6.52. The summed E-state index contributed by atoms with van der Waals surface area (Å²) in [5.74, 6) is 0. The number of nitrogens with zero attached hydrogens (tertiary/aromatic N) is 1. The van der Waals surface area contributed by atoms with Crippen molar-refractivity contribution >= 4 is 28.8 Å². The number of nitrogens with one attached hydrogen (secondary N) is 1. The third kappa shape index (κ3) is 0.952. The largest absolute Gasteiger partial charge is 0.357 e. The average molecular weight is 166 g/mol. The summed E-state index contributed by atoms with van der Waals surface area (Å²) in [6.07, 6.45) is 2.60. The van der Waals surface area contributed by atoms with Crippen LogP contribution < -0.4 is 5.32 Å². The number of hydrogen-bond donors (Lipinski definition) is 1. The second-order valence-electron chi connectivity index (χ2n) is 2.20. The molecule has 1 aromatic heterocycles. The lowest BCUT2D eigenvalue weighted by molar-refractivity contribution is 0.112. The quantitative estimate of drug-likeness (QED) is 0.640. The topological polar surface area (TPSA) is 41.5 Å². The summed E-state index contributed by atoms with van der Waals surface area (Å²) in [4.78, 5) is 14.5. The Morgan fingerprint density at radius 3 is 3.45 bits per heavy atom. The molecule has 0 fully saturated rings. The highest BCUT2D eigenvalue weighted by Crippen LogP contribution is 2.26. The number of aldehydes is 1. The molecule has 0 aromatic carbocycles. The van der Waals surface area contributed by atoms with Crippen LogP contribution in [0, 0.1) is 0 Å². The second-order valence-corrected chi connectivity index (χ2v) is 3.08. The Morgan fingerprint density at radius 1 is 1.73 bits per heavy atom. The first-order valence-corrected chi connectivity index (χ1v) is 4.10. The maximum absolute atomic E-state index is 10.5. The fourth-order valence-corrected chi connectivity index (χ4v) is 1.87. The lowest BCUT2D eigenvalue weighted by Gasteiger charge is -2.06. The van der Waals surface area contributed by atoms with Crippen molar-refractivity contribution in [1.82, 2.24) is 0 Å². The fourth-order valence-electron chi connectivity index (χ4n) is 0.996. The van der Waals surface area contributed by atoms with Crippen molar-refractivity contribution in [3.05, 3.63) is 16.5 Å². The number of aliphatic imine (C=N–C) groups is 1. The van der Waals surface area contributed by atoms with E-state index >= 15 is 0 Å². The number of hydrogen-bond acceptors (Lipinski definition) is 4. The van der Waals surface area contributed by atoms with Crippen molar-refractivity contribution in [3.8, 4) is 0 Å². The van der Waals surface area contributed by atoms with E-state index in [1.807, 2.05) is 5.38 Å². The Bertz CT molecular complexity index is 316. The molecule has 0 spiro atoms. The molecule has 3 nitrogen and oxygen atoms in total. The highest BCUT2D eigenvalue weighted by Gasteiger charge is 2.10. The predicted molar refractivity (Wildman–Crippen MR) is 45.8 cm³/mol. The van der Waals surface area contributed by atoms with Gasteiger partial charge in [0.1, 0.15) is 6.67 Å². The van der Waals surface area contributed by atoms with Gasteiger partial charge in [-0.15, -0.1) is 11.3 Å². The monoisotopic (exact) mass is 166 g/mol. The smallest absolute Gasteiger partial charge is 0.151 e. The van der Waals surface area contributed by atoms with E-state index in [9.17, 15) is 4.79 Å². The maximum atomic E-state index is 10.5. The SMILES string of the molecule is O=Cc1csc2c1C=NCN2. The number of carbonyl (C=O) groups excluding carboxylic acids is 1. The first-order valence-electron chi connectivity index (χ1n) is 3.22. The van der Waals surface area contributed by atoms with Crippen molar-refractivity contribution in [1.29, 1.82) is 0 Å². The third-order valence-electron chi connectivity index (χ3n) is 1.54. The summed E-state index contributed by atoms with van der Waals surface area (Å²) < 4.78 is 0. The molecule has 0 bridgehead atoms. The molecular formula is C7H6N2OS. The summed E-state index contributed by atoms with van der Waals surface area (Å²) in [7, 11) is 0. The van der Waals surface area contributed by atoms with E-state index in [1.54, 1.807) is 17.6 Å². The summed E-state index contributed by atoms with van der Waals surface area (Å²) in [5, 5.41) is 5.96. The highest BCUT2D eigenvalue weighted by molar-refractivity contribution is 7.15. The van der Waals surface area contributed by atoms with Gasteiger partial charge >= 0.3 is 0 Å². The Labute approximate surface area is 67.8 Å². The van der Waals surface area contributed by atoms with Gasteiger partial charge in [-0.1, -0.05) is 0 Å². The van der Waals surface area contributed by atoms with Gasteiger partial charge in [-0.2, -0.15) is 0 Å². The molecule has 0 unspecified atom stereocenters. The van der Waals surface area contributed by atoms with Gasteiger partial charge in [0.15, 0.2) is 6.29 Å². The molecule has 0 saturated carbocycles. The second kappa shape index (κ2) is 2.47. The molecule has 2 heterocycles. The minimum atomic E-state index is 0.617. The summed E-state index contributed by atoms with van der Waals surface area (Å²) in [6, 6.07) is 0. The number of fused-ring (bicyclic) bond motifs is 1. The van der Waals surface area contributed by atoms with Crippen LogP contribution in [0.2, 0.25) is 0 Å². The molecule has 0 radical (unpaired) electrons. The molecule has 0 saturated heterocycles. The molecule has 0 aliphatic carbocycles. The van der Waals surface area contributed by atoms with Crippen LogP contribution in [0.15, 0.2) is 10.4 Å². The van der Waals surface area contributed by atoms with Crippen molar-refractivity contribution in [2.75, 3.05) is 12.0 Å². The average Bonchev–Trinajstić information content (AvgIpc) is 2.47. The van der Waals surface area contributed by atoms with Crippen LogP contribution in [0.3, 0.4) is 0 Å². The zero-order valence-electron chi connectivity index (χ0n) is 5.70. The molecule has 56 valence electrons. The van der Waals surface area contributed by atoms with Crippen LogP contribution >= 0.6 is 11.3 Å². The summed E-state index contributed by atoms with van der Waals surface area (Å²) in [6.45, 7) is 0.617. The first-order chi connectivity index (χ1) is 5.42. The van der Waals surface area contributed by atoms with Crippen molar-refractivity contribution in [2.24, 2.45) is 4.99 Å². The van der Waals surface area contributed by atoms with Gasteiger partial charge in [-0.3, -0.25) is 9.79 Å². The minimum Gasteiger partial charge on any atom is -0.357 e. The van der Waals surface area contributed by atoms with Gasteiger partial charge in [0.05, 0.1) is 5.00 Å². The van der Waals surface area contributed by atoms with Crippen LogP contribution in [-0.4, -0.2) is 19.2 Å². The summed E-state index contributed by atoms with van der Waals surface area (Å²) in [5.41, 5.74) is 1.65. The van der Waals surface area contributed by atoms with E-state index < -0.39 is 0 Å². The van der Waals surface area contributed by atoms with Crippen molar-refractivity contribution < 1.29 is 4.79 Å².